The summed E-state index contributed by atoms with van der Waals surface area (Å²) < 4.78 is 24.1. The van der Waals surface area contributed by atoms with E-state index in [4.69, 9.17) is 19.5 Å². The third kappa shape index (κ3) is 9.79. The predicted molar refractivity (Wildman–Crippen MR) is 256 cm³/mol. The van der Waals surface area contributed by atoms with Gasteiger partial charge in [0.05, 0.1) is 74.5 Å². The van der Waals surface area contributed by atoms with Gasteiger partial charge in [-0.3, -0.25) is 29.2 Å². The van der Waals surface area contributed by atoms with Gasteiger partial charge in [-0.05, 0) is 96.9 Å². The van der Waals surface area contributed by atoms with Crippen LogP contribution in [-0.2, 0) is 28.7 Å². The van der Waals surface area contributed by atoms with E-state index in [0.717, 1.165) is 78.2 Å². The highest BCUT2D eigenvalue weighted by Gasteiger charge is 2.41. The molecule has 8 rings (SSSR count). The summed E-state index contributed by atoms with van der Waals surface area (Å²) in [6.45, 7) is 9.24. The zero-order chi connectivity index (χ0) is 46.6. The average Bonchev–Trinajstić information content (AvgIpc) is 4.19. The van der Waals surface area contributed by atoms with Gasteiger partial charge in [-0.15, -0.1) is 0 Å². The number of ether oxygens (including phenoxy) is 2. The minimum atomic E-state index is -0.429. The lowest BCUT2D eigenvalue weighted by Gasteiger charge is -2.33. The number of methoxy groups -OCH3 is 2. The van der Waals surface area contributed by atoms with Crippen LogP contribution in [0.15, 0.2) is 94.9 Å². The highest BCUT2D eigenvalue weighted by molar-refractivity contribution is 6.02. The van der Waals surface area contributed by atoms with E-state index in [2.05, 4.69) is 65.6 Å². The van der Waals surface area contributed by atoms with Crippen molar-refractivity contribution in [3.63, 3.8) is 0 Å². The van der Waals surface area contributed by atoms with Crippen LogP contribution in [0.5, 0.6) is 0 Å². The van der Waals surface area contributed by atoms with Crippen LogP contribution in [-0.4, -0.2) is 84.4 Å². The zero-order valence-corrected chi connectivity index (χ0v) is 39.3. The van der Waals surface area contributed by atoms with Gasteiger partial charge in [0.2, 0.25) is 11.8 Å². The fourth-order valence-electron chi connectivity index (χ4n) is 10.8. The first-order valence-corrected chi connectivity index (χ1v) is 23.9. The van der Waals surface area contributed by atoms with Crippen LogP contribution in [0.1, 0.15) is 126 Å². The first-order valence-electron chi connectivity index (χ1n) is 23.9. The van der Waals surface area contributed by atoms with Crippen LogP contribution in [0.25, 0.3) is 11.4 Å². The molecule has 0 bridgehead atoms. The molecule has 5 aliphatic heterocycles. The molecule has 0 N–H and O–H groups in total. The second-order valence-electron chi connectivity index (χ2n) is 19.2. The van der Waals surface area contributed by atoms with Crippen molar-refractivity contribution in [2.75, 3.05) is 32.2 Å². The Hall–Kier alpha value is -5.91. The highest BCUT2D eigenvalue weighted by Crippen LogP contribution is 2.47. The summed E-state index contributed by atoms with van der Waals surface area (Å²) in [5.74, 6) is -1.84. The Bertz CT molecular complexity index is 2260. The molecule has 3 aromatic rings. The Kier molecular flexibility index (Phi) is 14.3. The number of carbonyl (C=O) groups excluding carboxylic acids is 4. The lowest BCUT2D eigenvalue weighted by atomic mass is 9.90. The topological polar surface area (TPSA) is 121 Å². The summed E-state index contributed by atoms with van der Waals surface area (Å²) in [6, 6.07) is 24.0. The van der Waals surface area contributed by atoms with Crippen molar-refractivity contribution in [1.29, 1.82) is 0 Å². The maximum absolute atomic E-state index is 14.3. The summed E-state index contributed by atoms with van der Waals surface area (Å²) in [4.78, 5) is 68.4. The number of allylic oxidation sites excluding steroid dienone is 2. The fourth-order valence-corrected chi connectivity index (χ4v) is 10.8. The summed E-state index contributed by atoms with van der Waals surface area (Å²) in [5.41, 5.74) is 9.14. The van der Waals surface area contributed by atoms with E-state index >= 15 is 0 Å². The van der Waals surface area contributed by atoms with Crippen molar-refractivity contribution in [1.82, 2.24) is 9.80 Å². The normalized spacial score (nSPS) is 22.7. The third-order valence-corrected chi connectivity index (χ3v) is 14.5. The lowest BCUT2D eigenvalue weighted by molar-refractivity contribution is -0.148. The molecule has 12 heteroatoms. The Morgan fingerprint density at radius 3 is 1.38 bits per heavy atom. The number of nitrogens with zero attached hydrogens (tertiary/aromatic N) is 5. The minimum Gasteiger partial charge on any atom is -0.469 e. The van der Waals surface area contributed by atoms with Crippen LogP contribution in [0, 0.1) is 29.5 Å². The Balaban J connectivity index is 0.960. The molecule has 6 atom stereocenters. The molecule has 11 nitrogen and oxygen atoms in total. The van der Waals surface area contributed by atoms with Gasteiger partial charge in [-0.25, -0.2) is 4.39 Å². The second-order valence-corrected chi connectivity index (χ2v) is 19.2. The number of hydrogen-bond acceptors (Lipinski definition) is 9. The monoisotopic (exact) mass is 897 g/mol. The van der Waals surface area contributed by atoms with Gasteiger partial charge >= 0.3 is 11.9 Å². The maximum Gasteiger partial charge on any atom is 0.306 e. The first-order chi connectivity index (χ1) is 31.8. The van der Waals surface area contributed by atoms with E-state index in [9.17, 15) is 23.6 Å². The van der Waals surface area contributed by atoms with Gasteiger partial charge in [0.15, 0.2) is 0 Å². The van der Waals surface area contributed by atoms with Gasteiger partial charge in [0.25, 0.3) is 0 Å². The number of esters is 2. The number of hydrogen-bond donors (Lipinski definition) is 0. The standard InChI is InChI=1S/C54H64FN5O6/c1-33(2)41(31-51(61)65-5)53(63)58-29-7-9-49(58)45-25-23-43(56-45)35-11-15-37(16-12-35)47-27-28-48(60(47)40-21-19-39(55)20-22-40)38-17-13-36(14-18-38)44-24-26-46(57-44)50-10-8-30-59(50)54(64)42(34(3)4)32-52(62)66-6/h11-24,33-34,41-42,47-50H,7-10,25-32H2,1-6H3/t41-,42-,47-,48+,49-,50-/m0/s1. The van der Waals surface area contributed by atoms with E-state index in [1.165, 1.54) is 37.5 Å². The third-order valence-electron chi connectivity index (χ3n) is 14.5. The molecule has 0 aliphatic carbocycles. The van der Waals surface area contributed by atoms with Crippen molar-refractivity contribution >= 4 is 52.3 Å². The molecule has 2 amide bonds. The van der Waals surface area contributed by atoms with Crippen molar-refractivity contribution in [3.05, 3.63) is 113 Å². The number of aliphatic imine (C=N–C) groups is 2. The van der Waals surface area contributed by atoms with Gasteiger partial charge in [-0.2, -0.15) is 0 Å². The Labute approximate surface area is 388 Å². The molecule has 0 spiro atoms. The van der Waals surface area contributed by atoms with Crippen LogP contribution >= 0.6 is 0 Å². The van der Waals surface area contributed by atoms with E-state index in [-0.39, 0.29) is 78.4 Å². The Morgan fingerprint density at radius 2 is 1.00 bits per heavy atom. The van der Waals surface area contributed by atoms with Crippen LogP contribution < -0.4 is 4.90 Å². The number of benzene rings is 3. The Morgan fingerprint density at radius 1 is 0.591 bits per heavy atom. The van der Waals surface area contributed by atoms with Crippen molar-refractivity contribution in [3.8, 4) is 0 Å². The molecule has 3 saturated heterocycles. The lowest BCUT2D eigenvalue weighted by Crippen LogP contribution is -2.45. The van der Waals surface area contributed by atoms with Crippen LogP contribution in [0.3, 0.4) is 0 Å². The molecule has 0 aromatic heterocycles. The van der Waals surface area contributed by atoms with Gasteiger partial charge < -0.3 is 24.2 Å². The second kappa shape index (κ2) is 20.3. The number of rotatable bonds is 15. The molecule has 3 fully saturated rings. The molecule has 5 heterocycles. The van der Waals surface area contributed by atoms with E-state index in [0.29, 0.717) is 25.9 Å². The van der Waals surface area contributed by atoms with Gasteiger partial charge in [0.1, 0.15) is 5.82 Å². The molecule has 0 saturated carbocycles. The number of likely N-dealkylation sites (tertiary alicyclic amines) is 2. The molecule has 66 heavy (non-hydrogen) atoms. The molecule has 0 radical (unpaired) electrons. The van der Waals surface area contributed by atoms with Gasteiger partial charge in [0, 0.05) is 43.0 Å². The summed E-state index contributed by atoms with van der Waals surface area (Å²) in [7, 11) is 2.72. The molecular weight excluding hydrogens is 834 g/mol. The number of amides is 2. The molecule has 348 valence electrons. The molecule has 0 unspecified atom stereocenters. The fraction of sp³-hybridized carbons (Fsp3) is 0.481. The number of carbonyl (C=O) groups is 4. The smallest absolute Gasteiger partial charge is 0.306 e. The van der Waals surface area contributed by atoms with Crippen LogP contribution in [0.4, 0.5) is 10.1 Å². The molecule has 3 aromatic carbocycles. The van der Waals surface area contributed by atoms with Crippen molar-refractivity contribution < 1.29 is 33.0 Å². The maximum atomic E-state index is 14.3. The summed E-state index contributed by atoms with van der Waals surface area (Å²) in [5, 5.41) is 0. The largest absolute Gasteiger partial charge is 0.469 e. The van der Waals surface area contributed by atoms with E-state index < -0.39 is 11.8 Å². The average molecular weight is 898 g/mol. The van der Waals surface area contributed by atoms with Crippen LogP contribution in [0.2, 0.25) is 0 Å². The summed E-state index contributed by atoms with van der Waals surface area (Å²) in [6.07, 6.45) is 11.2. The van der Waals surface area contributed by atoms with Gasteiger partial charge in [-0.1, -0.05) is 88.4 Å². The zero-order valence-electron chi connectivity index (χ0n) is 39.3. The van der Waals surface area contributed by atoms with E-state index in [1.807, 2.05) is 49.6 Å². The highest BCUT2D eigenvalue weighted by atomic mass is 19.1. The predicted octanol–water partition coefficient (Wildman–Crippen LogP) is 9.93. The van der Waals surface area contributed by atoms with Crippen molar-refractivity contribution in [2.45, 2.75) is 116 Å². The summed E-state index contributed by atoms with van der Waals surface area (Å²) >= 11 is 0. The SMILES string of the molecule is COC(=O)C[C@H](C(=O)N1CCC[C@H]1C1=NC(c2ccc([C@H]3CC[C@@H](c4ccc(C5=CCC([C@@H]6CCCN6C(=O)[C@@H](CC(=O)OC)C(C)C)=N5)cc4)N3c3ccc(F)cc3)cc2)=CC1)C(C)C. The number of anilines is 1. The minimum absolute atomic E-state index is 0.00154. The number of halogens is 1. The van der Waals surface area contributed by atoms with E-state index in [1.54, 1.807) is 0 Å². The first kappa shape index (κ1) is 46.6. The molecular formula is C54H64FN5O6. The molecule has 5 aliphatic rings. The van der Waals surface area contributed by atoms with Crippen molar-refractivity contribution in [2.24, 2.45) is 33.7 Å². The quantitative estimate of drug-likeness (QED) is 0.139.